The lowest BCUT2D eigenvalue weighted by Crippen LogP contribution is -2.43. The Kier molecular flexibility index (Phi) is 3.31. The molecule has 0 aromatic carbocycles. The summed E-state index contributed by atoms with van der Waals surface area (Å²) in [5.74, 6) is 1.05. The molecule has 3 unspecified atom stereocenters. The zero-order chi connectivity index (χ0) is 10.8. The van der Waals surface area contributed by atoms with Gasteiger partial charge in [0.15, 0.2) is 0 Å². The maximum Gasteiger partial charge on any atom is 0.0672 e. The van der Waals surface area contributed by atoms with Gasteiger partial charge in [0.25, 0.3) is 0 Å². The monoisotopic (exact) mass is 206 g/mol. The zero-order valence-corrected chi connectivity index (χ0v) is 9.95. The molecule has 0 amide bonds. The number of hydrogen-bond acceptors (Lipinski definition) is 2. The smallest absolute Gasteiger partial charge is 0.0672 e. The highest BCUT2D eigenvalue weighted by atomic mass is 15.2. The van der Waals surface area contributed by atoms with Crippen molar-refractivity contribution in [3.8, 4) is 6.07 Å². The van der Waals surface area contributed by atoms with Crippen LogP contribution < -0.4 is 0 Å². The maximum absolute atomic E-state index is 9.14. The fraction of sp³-hybridized carbons (Fsp3) is 0.923. The summed E-state index contributed by atoms with van der Waals surface area (Å²) < 4.78 is 0. The molecular formula is C13H22N2. The Bertz CT molecular complexity index is 254. The summed E-state index contributed by atoms with van der Waals surface area (Å²) in [7, 11) is 0. The fourth-order valence-electron chi connectivity index (χ4n) is 3.43. The first-order valence-electron chi connectivity index (χ1n) is 6.39. The molecule has 2 heteroatoms. The Morgan fingerprint density at radius 1 is 1.20 bits per heavy atom. The van der Waals surface area contributed by atoms with E-state index in [1.165, 1.54) is 32.2 Å². The molecule has 2 fully saturated rings. The van der Waals surface area contributed by atoms with E-state index in [2.05, 4.69) is 24.8 Å². The summed E-state index contributed by atoms with van der Waals surface area (Å²) in [6.45, 7) is 5.87. The van der Waals surface area contributed by atoms with Crippen molar-refractivity contribution >= 4 is 0 Å². The Morgan fingerprint density at radius 2 is 2.00 bits per heavy atom. The maximum atomic E-state index is 9.14. The van der Waals surface area contributed by atoms with Crippen molar-refractivity contribution in [3.63, 3.8) is 0 Å². The van der Waals surface area contributed by atoms with Gasteiger partial charge in [-0.1, -0.05) is 20.3 Å². The molecule has 84 valence electrons. The molecule has 2 rings (SSSR count). The second kappa shape index (κ2) is 4.53. The fourth-order valence-corrected chi connectivity index (χ4v) is 3.43. The Morgan fingerprint density at radius 3 is 2.67 bits per heavy atom. The molecule has 1 saturated heterocycles. The van der Waals surface area contributed by atoms with Crippen molar-refractivity contribution in [2.75, 3.05) is 6.54 Å². The zero-order valence-electron chi connectivity index (χ0n) is 9.95. The first kappa shape index (κ1) is 11.0. The van der Waals surface area contributed by atoms with E-state index in [-0.39, 0.29) is 0 Å². The van der Waals surface area contributed by atoms with Crippen LogP contribution in [0.4, 0.5) is 0 Å². The lowest BCUT2D eigenvalue weighted by molar-refractivity contribution is 0.132. The van der Waals surface area contributed by atoms with Crippen LogP contribution in [0.25, 0.3) is 0 Å². The molecule has 15 heavy (non-hydrogen) atoms. The molecule has 1 heterocycles. The van der Waals surface area contributed by atoms with Crippen LogP contribution in [0, 0.1) is 23.2 Å². The number of hydrogen-bond donors (Lipinski definition) is 0. The van der Waals surface area contributed by atoms with E-state index in [1.54, 1.807) is 0 Å². The molecule has 1 aliphatic heterocycles. The van der Waals surface area contributed by atoms with Gasteiger partial charge in [-0.15, -0.1) is 0 Å². The summed E-state index contributed by atoms with van der Waals surface area (Å²) >= 11 is 0. The number of nitriles is 1. The third-order valence-electron chi connectivity index (χ3n) is 4.18. The number of rotatable bonds is 2. The van der Waals surface area contributed by atoms with E-state index in [0.29, 0.717) is 12.0 Å². The van der Waals surface area contributed by atoms with Crippen molar-refractivity contribution in [3.05, 3.63) is 0 Å². The van der Waals surface area contributed by atoms with Gasteiger partial charge in [0.1, 0.15) is 0 Å². The van der Waals surface area contributed by atoms with Crippen LogP contribution in [-0.4, -0.2) is 23.5 Å². The lowest BCUT2D eigenvalue weighted by atomic mass is 9.97. The summed E-state index contributed by atoms with van der Waals surface area (Å²) in [4.78, 5) is 2.64. The van der Waals surface area contributed by atoms with Gasteiger partial charge < -0.3 is 0 Å². The van der Waals surface area contributed by atoms with Gasteiger partial charge in [-0.3, -0.25) is 4.90 Å². The SMILES string of the molecule is CC(C)C1CCCN1C1CCCC1C#N. The molecule has 3 atom stereocenters. The summed E-state index contributed by atoms with van der Waals surface area (Å²) in [6, 6.07) is 3.82. The Balaban J connectivity index is 2.06. The summed E-state index contributed by atoms with van der Waals surface area (Å²) in [5.41, 5.74) is 0. The predicted molar refractivity (Wildman–Crippen MR) is 61.3 cm³/mol. The molecule has 1 aliphatic carbocycles. The second-order valence-corrected chi connectivity index (χ2v) is 5.43. The minimum absolute atomic E-state index is 0.310. The Hall–Kier alpha value is -0.550. The molecule has 0 aromatic heterocycles. The van der Waals surface area contributed by atoms with Gasteiger partial charge >= 0.3 is 0 Å². The first-order valence-corrected chi connectivity index (χ1v) is 6.39. The van der Waals surface area contributed by atoms with E-state index in [0.717, 1.165) is 18.4 Å². The average Bonchev–Trinajstić information content (AvgIpc) is 2.85. The van der Waals surface area contributed by atoms with Crippen LogP contribution in [0.15, 0.2) is 0 Å². The quantitative estimate of drug-likeness (QED) is 0.694. The lowest BCUT2D eigenvalue weighted by Gasteiger charge is -2.34. The second-order valence-electron chi connectivity index (χ2n) is 5.43. The van der Waals surface area contributed by atoms with Crippen molar-refractivity contribution < 1.29 is 0 Å². The van der Waals surface area contributed by atoms with E-state index in [4.69, 9.17) is 5.26 Å². The van der Waals surface area contributed by atoms with Gasteiger partial charge in [0.05, 0.1) is 12.0 Å². The van der Waals surface area contributed by atoms with Crippen LogP contribution >= 0.6 is 0 Å². The van der Waals surface area contributed by atoms with Crippen LogP contribution in [0.2, 0.25) is 0 Å². The van der Waals surface area contributed by atoms with Crippen molar-refractivity contribution in [2.45, 2.75) is 58.0 Å². The normalized spacial score (nSPS) is 37.3. The minimum atomic E-state index is 0.310. The third kappa shape index (κ3) is 2.03. The summed E-state index contributed by atoms with van der Waals surface area (Å²) in [6.07, 6.45) is 6.30. The molecule has 0 bridgehead atoms. The van der Waals surface area contributed by atoms with E-state index in [9.17, 15) is 0 Å². The predicted octanol–water partition coefficient (Wildman–Crippen LogP) is 2.80. The Labute approximate surface area is 93.3 Å². The van der Waals surface area contributed by atoms with Crippen molar-refractivity contribution in [1.29, 1.82) is 5.26 Å². The van der Waals surface area contributed by atoms with E-state index < -0.39 is 0 Å². The molecule has 2 aliphatic rings. The summed E-state index contributed by atoms with van der Waals surface area (Å²) in [5, 5.41) is 9.14. The highest BCUT2D eigenvalue weighted by molar-refractivity contribution is 5.00. The van der Waals surface area contributed by atoms with Crippen LogP contribution in [0.5, 0.6) is 0 Å². The topological polar surface area (TPSA) is 27.0 Å². The van der Waals surface area contributed by atoms with Crippen LogP contribution in [-0.2, 0) is 0 Å². The molecular weight excluding hydrogens is 184 g/mol. The standard InChI is InChI=1S/C13H22N2/c1-10(2)12-7-4-8-15(12)13-6-3-5-11(13)9-14/h10-13H,3-8H2,1-2H3. The van der Waals surface area contributed by atoms with Crippen LogP contribution in [0.3, 0.4) is 0 Å². The molecule has 0 spiro atoms. The molecule has 1 saturated carbocycles. The highest BCUT2D eigenvalue weighted by Crippen LogP contribution is 2.35. The average molecular weight is 206 g/mol. The molecule has 0 aromatic rings. The van der Waals surface area contributed by atoms with E-state index >= 15 is 0 Å². The van der Waals surface area contributed by atoms with Gasteiger partial charge in [-0.2, -0.15) is 5.26 Å². The van der Waals surface area contributed by atoms with Gasteiger partial charge in [0.2, 0.25) is 0 Å². The van der Waals surface area contributed by atoms with Crippen molar-refractivity contribution in [1.82, 2.24) is 4.90 Å². The first-order chi connectivity index (χ1) is 7.24. The van der Waals surface area contributed by atoms with Crippen molar-refractivity contribution in [2.24, 2.45) is 11.8 Å². The minimum Gasteiger partial charge on any atom is -0.296 e. The van der Waals surface area contributed by atoms with E-state index in [1.807, 2.05) is 0 Å². The largest absolute Gasteiger partial charge is 0.296 e. The molecule has 0 N–H and O–H groups in total. The highest BCUT2D eigenvalue weighted by Gasteiger charge is 2.38. The van der Waals surface area contributed by atoms with Gasteiger partial charge in [0, 0.05) is 12.1 Å². The number of nitrogens with zero attached hydrogens (tertiary/aromatic N) is 2. The van der Waals surface area contributed by atoms with Gasteiger partial charge in [-0.25, -0.2) is 0 Å². The van der Waals surface area contributed by atoms with Gasteiger partial charge in [-0.05, 0) is 38.1 Å². The third-order valence-corrected chi connectivity index (χ3v) is 4.18. The van der Waals surface area contributed by atoms with Crippen LogP contribution in [0.1, 0.15) is 46.0 Å². The molecule has 0 radical (unpaired) electrons. The molecule has 2 nitrogen and oxygen atoms in total. The number of likely N-dealkylation sites (tertiary alicyclic amines) is 1.